The number of halogens is 1. The standard InChI is InChI=1S/C15H16ClN3O2/c16-14-12(6-9-21-14)15(20)18-11-4-5-13(17-10-11)19-7-2-1-3-8-19/h4-6,9-10H,1-3,7-8H2,(H,18,20). The molecule has 3 rings (SSSR count). The first-order valence-electron chi connectivity index (χ1n) is 6.99. The van der Waals surface area contributed by atoms with Gasteiger partial charge in [0.15, 0.2) is 0 Å². The lowest BCUT2D eigenvalue weighted by Crippen LogP contribution is -2.30. The molecule has 1 saturated heterocycles. The smallest absolute Gasteiger partial charge is 0.260 e. The van der Waals surface area contributed by atoms with Crippen LogP contribution in [-0.4, -0.2) is 24.0 Å². The molecule has 1 N–H and O–H groups in total. The van der Waals surface area contributed by atoms with Crippen LogP contribution in [0.5, 0.6) is 0 Å². The van der Waals surface area contributed by atoms with Crippen LogP contribution in [0.4, 0.5) is 11.5 Å². The monoisotopic (exact) mass is 305 g/mol. The summed E-state index contributed by atoms with van der Waals surface area (Å²) in [7, 11) is 0. The number of piperidine rings is 1. The van der Waals surface area contributed by atoms with E-state index in [1.807, 2.05) is 12.1 Å². The minimum absolute atomic E-state index is 0.0883. The molecule has 2 aromatic heterocycles. The molecule has 6 heteroatoms. The third-order valence-corrected chi connectivity index (χ3v) is 3.84. The third-order valence-electron chi connectivity index (χ3n) is 3.55. The number of nitrogens with zero attached hydrogens (tertiary/aromatic N) is 2. The van der Waals surface area contributed by atoms with Crippen LogP contribution in [0.1, 0.15) is 29.6 Å². The molecular formula is C15H16ClN3O2. The highest BCUT2D eigenvalue weighted by atomic mass is 35.5. The number of rotatable bonds is 3. The Balaban J connectivity index is 1.67. The number of carbonyl (C=O) groups excluding carboxylic acids is 1. The van der Waals surface area contributed by atoms with E-state index in [2.05, 4.69) is 15.2 Å². The van der Waals surface area contributed by atoms with Gasteiger partial charge < -0.3 is 14.6 Å². The fourth-order valence-electron chi connectivity index (χ4n) is 2.42. The Morgan fingerprint density at radius 3 is 2.67 bits per heavy atom. The molecule has 110 valence electrons. The molecule has 0 radical (unpaired) electrons. The zero-order valence-electron chi connectivity index (χ0n) is 11.5. The van der Waals surface area contributed by atoms with Crippen molar-refractivity contribution in [2.75, 3.05) is 23.3 Å². The maximum absolute atomic E-state index is 12.0. The number of hydrogen-bond donors (Lipinski definition) is 1. The van der Waals surface area contributed by atoms with Gasteiger partial charge in [-0.3, -0.25) is 4.79 Å². The molecule has 0 bridgehead atoms. The van der Waals surface area contributed by atoms with Crippen LogP contribution in [0, 0.1) is 0 Å². The second-order valence-corrected chi connectivity index (χ2v) is 5.36. The van der Waals surface area contributed by atoms with Gasteiger partial charge >= 0.3 is 0 Å². The SMILES string of the molecule is O=C(Nc1ccc(N2CCCCC2)nc1)c1ccoc1Cl. The molecule has 0 unspecified atom stereocenters. The van der Waals surface area contributed by atoms with Gasteiger partial charge in [-0.15, -0.1) is 0 Å². The van der Waals surface area contributed by atoms with Gasteiger partial charge in [0.1, 0.15) is 5.82 Å². The number of aromatic nitrogens is 1. The fourth-order valence-corrected chi connectivity index (χ4v) is 2.62. The largest absolute Gasteiger partial charge is 0.452 e. The maximum atomic E-state index is 12.0. The Morgan fingerprint density at radius 2 is 2.05 bits per heavy atom. The number of hydrogen-bond acceptors (Lipinski definition) is 4. The highest BCUT2D eigenvalue weighted by Gasteiger charge is 2.14. The second kappa shape index (κ2) is 6.18. The average Bonchev–Trinajstić information content (AvgIpc) is 2.95. The van der Waals surface area contributed by atoms with Crippen molar-refractivity contribution in [2.24, 2.45) is 0 Å². The Hall–Kier alpha value is -2.01. The summed E-state index contributed by atoms with van der Waals surface area (Å²) >= 11 is 5.78. The summed E-state index contributed by atoms with van der Waals surface area (Å²) in [5.74, 6) is 0.648. The molecule has 21 heavy (non-hydrogen) atoms. The van der Waals surface area contributed by atoms with Crippen molar-refractivity contribution in [1.29, 1.82) is 0 Å². The number of pyridine rings is 1. The maximum Gasteiger partial charge on any atom is 0.260 e. The van der Waals surface area contributed by atoms with E-state index in [9.17, 15) is 4.79 Å². The first kappa shape index (κ1) is 13.9. The summed E-state index contributed by atoms with van der Waals surface area (Å²) in [6.07, 6.45) is 6.75. The van der Waals surface area contributed by atoms with E-state index in [1.54, 1.807) is 6.20 Å². The molecule has 0 saturated carbocycles. The molecule has 5 nitrogen and oxygen atoms in total. The summed E-state index contributed by atoms with van der Waals surface area (Å²) in [6, 6.07) is 5.31. The highest BCUT2D eigenvalue weighted by Crippen LogP contribution is 2.21. The van der Waals surface area contributed by atoms with Gasteiger partial charge in [0.05, 0.1) is 23.7 Å². The van der Waals surface area contributed by atoms with E-state index < -0.39 is 0 Å². The fraction of sp³-hybridized carbons (Fsp3) is 0.333. The van der Waals surface area contributed by atoms with E-state index in [0.717, 1.165) is 18.9 Å². The van der Waals surface area contributed by atoms with Gasteiger partial charge in [-0.05, 0) is 49.1 Å². The Morgan fingerprint density at radius 1 is 1.24 bits per heavy atom. The van der Waals surface area contributed by atoms with Crippen LogP contribution in [0.3, 0.4) is 0 Å². The van der Waals surface area contributed by atoms with Crippen molar-refractivity contribution < 1.29 is 9.21 Å². The number of nitrogens with one attached hydrogen (secondary N) is 1. The van der Waals surface area contributed by atoms with Crippen molar-refractivity contribution in [1.82, 2.24) is 4.98 Å². The van der Waals surface area contributed by atoms with Crippen LogP contribution >= 0.6 is 11.6 Å². The molecule has 1 amide bonds. The van der Waals surface area contributed by atoms with Gasteiger partial charge in [0.25, 0.3) is 5.91 Å². The van der Waals surface area contributed by atoms with Gasteiger partial charge in [0.2, 0.25) is 5.22 Å². The van der Waals surface area contributed by atoms with Crippen LogP contribution in [0.15, 0.2) is 35.1 Å². The van der Waals surface area contributed by atoms with Crippen LogP contribution in [-0.2, 0) is 0 Å². The van der Waals surface area contributed by atoms with Crippen LogP contribution in [0.2, 0.25) is 5.22 Å². The molecule has 0 spiro atoms. The Bertz CT molecular complexity index is 618. The van der Waals surface area contributed by atoms with E-state index in [-0.39, 0.29) is 11.1 Å². The quantitative estimate of drug-likeness (QED) is 0.942. The number of anilines is 2. The number of amides is 1. The molecule has 2 aromatic rings. The Kier molecular flexibility index (Phi) is 4.10. The zero-order chi connectivity index (χ0) is 14.7. The van der Waals surface area contributed by atoms with Crippen molar-refractivity contribution in [3.05, 3.63) is 41.4 Å². The lowest BCUT2D eigenvalue weighted by Gasteiger charge is -2.27. The third kappa shape index (κ3) is 3.19. The molecule has 0 aliphatic carbocycles. The van der Waals surface area contributed by atoms with Crippen molar-refractivity contribution in [3.8, 4) is 0 Å². The number of carbonyl (C=O) groups is 1. The van der Waals surface area contributed by atoms with Crippen molar-refractivity contribution in [3.63, 3.8) is 0 Å². The lowest BCUT2D eigenvalue weighted by molar-refractivity contribution is 0.102. The summed E-state index contributed by atoms with van der Waals surface area (Å²) in [6.45, 7) is 2.09. The second-order valence-electron chi connectivity index (χ2n) is 5.01. The molecule has 0 aromatic carbocycles. The highest BCUT2D eigenvalue weighted by molar-refractivity contribution is 6.32. The zero-order valence-corrected chi connectivity index (χ0v) is 12.3. The predicted molar refractivity (Wildman–Crippen MR) is 82.0 cm³/mol. The normalized spacial score (nSPS) is 15.0. The topological polar surface area (TPSA) is 58.4 Å². The van der Waals surface area contributed by atoms with E-state index in [0.29, 0.717) is 11.3 Å². The van der Waals surface area contributed by atoms with E-state index in [1.165, 1.54) is 31.6 Å². The molecule has 1 aliphatic rings. The summed E-state index contributed by atoms with van der Waals surface area (Å²) in [5.41, 5.74) is 0.954. The molecular weight excluding hydrogens is 290 g/mol. The number of furan rings is 1. The van der Waals surface area contributed by atoms with E-state index >= 15 is 0 Å². The van der Waals surface area contributed by atoms with Crippen LogP contribution < -0.4 is 10.2 Å². The van der Waals surface area contributed by atoms with Gasteiger partial charge in [-0.1, -0.05) is 0 Å². The summed E-state index contributed by atoms with van der Waals surface area (Å²) in [5, 5.41) is 2.84. The summed E-state index contributed by atoms with van der Waals surface area (Å²) in [4.78, 5) is 18.7. The average molecular weight is 306 g/mol. The molecule has 1 aliphatic heterocycles. The molecule has 0 atom stereocenters. The van der Waals surface area contributed by atoms with Crippen molar-refractivity contribution >= 4 is 29.0 Å². The predicted octanol–water partition coefficient (Wildman–Crippen LogP) is 3.57. The van der Waals surface area contributed by atoms with Gasteiger partial charge in [0, 0.05) is 13.1 Å². The minimum Gasteiger partial charge on any atom is -0.452 e. The van der Waals surface area contributed by atoms with Crippen LogP contribution in [0.25, 0.3) is 0 Å². The van der Waals surface area contributed by atoms with E-state index in [4.69, 9.17) is 16.0 Å². The van der Waals surface area contributed by atoms with Gasteiger partial charge in [-0.25, -0.2) is 4.98 Å². The minimum atomic E-state index is -0.304. The lowest BCUT2D eigenvalue weighted by atomic mass is 10.1. The Labute approximate surface area is 127 Å². The molecule has 1 fully saturated rings. The first-order chi connectivity index (χ1) is 10.2. The first-order valence-corrected chi connectivity index (χ1v) is 7.37. The summed E-state index contributed by atoms with van der Waals surface area (Å²) < 4.78 is 4.90. The van der Waals surface area contributed by atoms with Gasteiger partial charge in [-0.2, -0.15) is 0 Å². The molecule has 3 heterocycles. The van der Waals surface area contributed by atoms with Crippen molar-refractivity contribution in [2.45, 2.75) is 19.3 Å².